The number of alkyl halides is 6. The molecule has 0 radical (unpaired) electrons. The zero-order valence-corrected chi connectivity index (χ0v) is 11.9. The second-order valence-corrected chi connectivity index (χ2v) is 6.14. The smallest absolute Gasteiger partial charge is 0.254 e. The molecule has 14 heteroatoms. The van der Waals surface area contributed by atoms with Crippen LogP contribution in [0.5, 0.6) is 0 Å². The first-order chi connectivity index (χ1) is 10.3. The summed E-state index contributed by atoms with van der Waals surface area (Å²) in [5.74, 6) is -1.70. The predicted molar refractivity (Wildman–Crippen MR) is 61.1 cm³/mol. The van der Waals surface area contributed by atoms with Gasteiger partial charge < -0.3 is 0 Å². The normalized spacial score (nSPS) is 13.3. The van der Waals surface area contributed by atoms with E-state index >= 15 is 0 Å². The summed E-state index contributed by atoms with van der Waals surface area (Å²) in [6.07, 6.45) is -9.64. The molecule has 0 amide bonds. The molecule has 0 aliphatic heterocycles. The van der Waals surface area contributed by atoms with Gasteiger partial charge in [-0.3, -0.25) is 5.10 Å². The maximum absolute atomic E-state index is 12.5. The number of aromatic amines is 1. The molecule has 2 heterocycles. The standard InChI is InChI=1S/C9H3ClF6N4O2S/c10-4-1-3(8(11,12)13)2-17-5(4)23(21,22)7-18-6(19-20-7)9(14,15)16/h1-2H,(H,18,19,20). The van der Waals surface area contributed by atoms with Crippen molar-refractivity contribution in [1.29, 1.82) is 0 Å². The van der Waals surface area contributed by atoms with Gasteiger partial charge in [0.05, 0.1) is 10.6 Å². The molecule has 126 valence electrons. The average Bonchev–Trinajstić information content (AvgIpc) is 2.87. The van der Waals surface area contributed by atoms with E-state index < -0.39 is 48.8 Å². The topological polar surface area (TPSA) is 88.6 Å². The van der Waals surface area contributed by atoms with Gasteiger partial charge in [0, 0.05) is 6.20 Å². The molecule has 0 unspecified atom stereocenters. The molecule has 0 fully saturated rings. The molecule has 2 aromatic heterocycles. The van der Waals surface area contributed by atoms with Gasteiger partial charge in [0.2, 0.25) is 5.82 Å². The monoisotopic (exact) mass is 380 g/mol. The molecule has 0 bridgehead atoms. The summed E-state index contributed by atoms with van der Waals surface area (Å²) in [7, 11) is -4.84. The lowest BCUT2D eigenvalue weighted by atomic mass is 10.3. The van der Waals surface area contributed by atoms with E-state index in [9.17, 15) is 34.8 Å². The lowest BCUT2D eigenvalue weighted by Crippen LogP contribution is -2.12. The van der Waals surface area contributed by atoms with Crippen molar-refractivity contribution in [2.24, 2.45) is 0 Å². The van der Waals surface area contributed by atoms with Crippen LogP contribution in [0.25, 0.3) is 0 Å². The Morgan fingerprint density at radius 2 is 1.70 bits per heavy atom. The Morgan fingerprint density at radius 1 is 1.09 bits per heavy atom. The molecule has 0 spiro atoms. The van der Waals surface area contributed by atoms with Crippen molar-refractivity contribution in [3.05, 3.63) is 28.7 Å². The first-order valence-corrected chi connectivity index (χ1v) is 7.17. The van der Waals surface area contributed by atoms with Crippen LogP contribution < -0.4 is 0 Å². The summed E-state index contributed by atoms with van der Waals surface area (Å²) in [6.45, 7) is 0. The van der Waals surface area contributed by atoms with E-state index in [4.69, 9.17) is 11.6 Å². The Bertz CT molecular complexity index is 844. The van der Waals surface area contributed by atoms with Crippen LogP contribution >= 0.6 is 11.6 Å². The Hall–Kier alpha value is -1.89. The highest BCUT2D eigenvalue weighted by atomic mass is 35.5. The summed E-state index contributed by atoms with van der Waals surface area (Å²) in [5, 5.41) is 0.889. The number of hydrogen-bond acceptors (Lipinski definition) is 5. The molecular formula is C9H3ClF6N4O2S. The van der Waals surface area contributed by atoms with Crippen LogP contribution in [0, 0.1) is 0 Å². The Balaban J connectivity index is 2.51. The van der Waals surface area contributed by atoms with Crippen molar-refractivity contribution < 1.29 is 34.8 Å². The van der Waals surface area contributed by atoms with Crippen molar-refractivity contribution in [3.8, 4) is 0 Å². The highest BCUT2D eigenvalue weighted by Gasteiger charge is 2.39. The SMILES string of the molecule is O=S(=O)(c1n[nH]c(C(F)(F)F)n1)c1ncc(C(F)(F)F)cc1Cl. The fraction of sp³-hybridized carbons (Fsp3) is 0.222. The fourth-order valence-electron chi connectivity index (χ4n) is 1.36. The third kappa shape index (κ3) is 3.39. The minimum Gasteiger partial charge on any atom is -0.254 e. The number of sulfone groups is 1. The maximum Gasteiger partial charge on any atom is 0.451 e. The van der Waals surface area contributed by atoms with Crippen LogP contribution in [-0.2, 0) is 22.2 Å². The van der Waals surface area contributed by atoms with E-state index in [1.54, 1.807) is 0 Å². The number of hydrogen-bond donors (Lipinski definition) is 1. The van der Waals surface area contributed by atoms with E-state index in [0.717, 1.165) is 0 Å². The number of rotatable bonds is 2. The molecular weight excluding hydrogens is 378 g/mol. The highest BCUT2D eigenvalue weighted by molar-refractivity contribution is 7.91. The first-order valence-electron chi connectivity index (χ1n) is 5.31. The molecule has 2 aromatic rings. The van der Waals surface area contributed by atoms with Crippen LogP contribution in [0.3, 0.4) is 0 Å². The van der Waals surface area contributed by atoms with E-state index in [-0.39, 0.29) is 12.3 Å². The molecule has 0 atom stereocenters. The lowest BCUT2D eigenvalue weighted by Gasteiger charge is -2.08. The molecule has 2 rings (SSSR count). The molecule has 0 aromatic carbocycles. The van der Waals surface area contributed by atoms with E-state index in [0.29, 0.717) is 0 Å². The third-order valence-corrected chi connectivity index (χ3v) is 4.26. The maximum atomic E-state index is 12.5. The lowest BCUT2D eigenvalue weighted by molar-refractivity contribution is -0.144. The zero-order valence-electron chi connectivity index (χ0n) is 10.4. The summed E-state index contributed by atoms with van der Waals surface area (Å²) in [4.78, 5) is 5.79. The van der Waals surface area contributed by atoms with Gasteiger partial charge in [0.25, 0.3) is 15.0 Å². The number of nitrogens with one attached hydrogen (secondary N) is 1. The number of aromatic nitrogens is 4. The van der Waals surface area contributed by atoms with E-state index in [1.807, 2.05) is 0 Å². The van der Waals surface area contributed by atoms with Gasteiger partial charge in [0.15, 0.2) is 5.03 Å². The van der Waals surface area contributed by atoms with Gasteiger partial charge >= 0.3 is 12.4 Å². The van der Waals surface area contributed by atoms with Crippen molar-refractivity contribution in [3.63, 3.8) is 0 Å². The third-order valence-electron chi connectivity index (χ3n) is 2.36. The van der Waals surface area contributed by atoms with Crippen molar-refractivity contribution >= 4 is 21.4 Å². The van der Waals surface area contributed by atoms with Gasteiger partial charge in [-0.15, -0.1) is 5.10 Å². The minimum atomic E-state index is -4.99. The van der Waals surface area contributed by atoms with E-state index in [2.05, 4.69) is 15.1 Å². The Morgan fingerprint density at radius 3 is 2.13 bits per heavy atom. The van der Waals surface area contributed by atoms with Crippen LogP contribution in [0.4, 0.5) is 26.3 Å². The molecule has 0 aliphatic carbocycles. The summed E-state index contributed by atoms with van der Waals surface area (Å²) in [6, 6.07) is 0.277. The van der Waals surface area contributed by atoms with Crippen molar-refractivity contribution in [2.75, 3.05) is 0 Å². The molecule has 0 saturated heterocycles. The number of halogens is 7. The van der Waals surface area contributed by atoms with Crippen molar-refractivity contribution in [1.82, 2.24) is 20.2 Å². The molecule has 6 nitrogen and oxygen atoms in total. The minimum absolute atomic E-state index is 0.177. The van der Waals surface area contributed by atoms with Crippen LogP contribution in [0.15, 0.2) is 22.4 Å². The second kappa shape index (κ2) is 5.33. The number of pyridine rings is 1. The molecule has 23 heavy (non-hydrogen) atoms. The number of nitrogens with zero attached hydrogens (tertiary/aromatic N) is 3. The van der Waals surface area contributed by atoms with Gasteiger partial charge in [0.1, 0.15) is 0 Å². The quantitative estimate of drug-likeness (QED) is 0.809. The molecule has 0 saturated carbocycles. The molecule has 0 aliphatic rings. The number of H-pyrrole nitrogens is 1. The van der Waals surface area contributed by atoms with Gasteiger partial charge in [-0.05, 0) is 6.07 Å². The summed E-state index contributed by atoms with van der Waals surface area (Å²) in [5.41, 5.74) is -1.33. The van der Waals surface area contributed by atoms with E-state index in [1.165, 1.54) is 5.10 Å². The van der Waals surface area contributed by atoms with Gasteiger partial charge in [-0.1, -0.05) is 11.6 Å². The second-order valence-electron chi connectivity index (χ2n) is 3.98. The average molecular weight is 381 g/mol. The largest absolute Gasteiger partial charge is 0.451 e. The fourth-order valence-corrected chi connectivity index (χ4v) is 2.89. The summed E-state index contributed by atoms with van der Waals surface area (Å²) >= 11 is 5.44. The summed E-state index contributed by atoms with van der Waals surface area (Å²) < 4.78 is 98.5. The first kappa shape index (κ1) is 17.5. The van der Waals surface area contributed by atoms with Gasteiger partial charge in [-0.25, -0.2) is 13.4 Å². The highest BCUT2D eigenvalue weighted by Crippen LogP contribution is 2.33. The Labute approximate surface area is 128 Å². The Kier molecular flexibility index (Phi) is 4.05. The molecule has 1 N–H and O–H groups in total. The van der Waals surface area contributed by atoms with Crippen LogP contribution in [-0.4, -0.2) is 28.6 Å². The predicted octanol–water partition coefficient (Wildman–Crippen LogP) is 2.72. The van der Waals surface area contributed by atoms with Crippen LogP contribution in [0.2, 0.25) is 5.02 Å². The zero-order chi connectivity index (χ0) is 17.6. The van der Waals surface area contributed by atoms with Crippen molar-refractivity contribution in [2.45, 2.75) is 22.5 Å². The van der Waals surface area contributed by atoms with Gasteiger partial charge in [-0.2, -0.15) is 31.3 Å². The van der Waals surface area contributed by atoms with Crippen LogP contribution in [0.1, 0.15) is 11.4 Å².